The molecule has 1 unspecified atom stereocenters. The molecule has 0 aliphatic carbocycles. The Labute approximate surface area is 223 Å². The minimum absolute atomic E-state index is 0.0239. The predicted octanol–water partition coefficient (Wildman–Crippen LogP) is 1.42. The molecule has 1 heterocycles. The Balaban J connectivity index is 1.88. The molecule has 1 aliphatic heterocycles. The highest BCUT2D eigenvalue weighted by Crippen LogP contribution is 2.38. The number of anilines is 1. The molecule has 0 bridgehead atoms. The van der Waals surface area contributed by atoms with Crippen LogP contribution in [0.4, 0.5) is 11.4 Å². The summed E-state index contributed by atoms with van der Waals surface area (Å²) < 4.78 is 102. The van der Waals surface area contributed by atoms with Gasteiger partial charge >= 0.3 is 10.4 Å². The lowest BCUT2D eigenvalue weighted by atomic mass is 10.2. The Morgan fingerprint density at radius 1 is 1.00 bits per heavy atom. The van der Waals surface area contributed by atoms with Gasteiger partial charge in [-0.2, -0.15) is 37.2 Å². The Hall–Kier alpha value is -3.49. The number of benzene rings is 2. The largest absolute Gasteiger partial charge is 0.495 e. The van der Waals surface area contributed by atoms with Gasteiger partial charge in [0, 0.05) is 6.07 Å². The maximum atomic E-state index is 13.1. The third-order valence-corrected chi connectivity index (χ3v) is 8.14. The van der Waals surface area contributed by atoms with Crippen molar-refractivity contribution >= 4 is 53.3 Å². The van der Waals surface area contributed by atoms with Crippen molar-refractivity contribution in [2.75, 3.05) is 31.6 Å². The van der Waals surface area contributed by atoms with Gasteiger partial charge in [0.1, 0.15) is 22.1 Å². The average molecular weight is 607 g/mol. The molecule has 3 rings (SSSR count). The fourth-order valence-electron chi connectivity index (χ4n) is 3.30. The fraction of sp³-hybridized carbons (Fsp3) is 0.300. The lowest BCUT2D eigenvalue weighted by Gasteiger charge is -2.14. The summed E-state index contributed by atoms with van der Waals surface area (Å²) in [6.45, 7) is 0.631. The molecule has 1 atom stereocenters. The van der Waals surface area contributed by atoms with Crippen LogP contribution in [0.25, 0.3) is 0 Å². The molecule has 2 aromatic rings. The lowest BCUT2D eigenvalue weighted by Crippen LogP contribution is -2.29. The van der Waals surface area contributed by atoms with Gasteiger partial charge in [-0.05, 0) is 31.2 Å². The zero-order chi connectivity index (χ0) is 29.2. The SMILES string of the molecule is COc1cc(OC)c(S(=O)(=O)O)cc1N=NC1C(=O)N(c2cccc(S(=O)(=O)CCOS(=O)(=O)O)c2)N=C1C. The van der Waals surface area contributed by atoms with Crippen molar-refractivity contribution < 1.29 is 52.8 Å². The summed E-state index contributed by atoms with van der Waals surface area (Å²) in [5, 5.41) is 12.8. The van der Waals surface area contributed by atoms with Gasteiger partial charge in [-0.3, -0.25) is 13.9 Å². The minimum Gasteiger partial charge on any atom is -0.495 e. The molecule has 39 heavy (non-hydrogen) atoms. The van der Waals surface area contributed by atoms with E-state index in [4.69, 9.17) is 14.0 Å². The quantitative estimate of drug-likeness (QED) is 0.273. The molecular formula is C20H22N4O12S3. The first kappa shape index (κ1) is 30.1. The van der Waals surface area contributed by atoms with E-state index in [0.717, 1.165) is 23.2 Å². The zero-order valence-electron chi connectivity index (χ0n) is 20.4. The summed E-state index contributed by atoms with van der Waals surface area (Å²) in [5.74, 6) is -1.69. The van der Waals surface area contributed by atoms with Crippen LogP contribution in [-0.2, 0) is 39.3 Å². The molecule has 2 N–H and O–H groups in total. The zero-order valence-corrected chi connectivity index (χ0v) is 22.9. The Bertz CT molecular complexity index is 1670. The number of hydrazone groups is 1. The van der Waals surface area contributed by atoms with Gasteiger partial charge in [-0.15, -0.1) is 0 Å². The maximum Gasteiger partial charge on any atom is 0.397 e. The predicted molar refractivity (Wildman–Crippen MR) is 134 cm³/mol. The number of ether oxygens (including phenoxy) is 2. The van der Waals surface area contributed by atoms with E-state index < -0.39 is 59.6 Å². The summed E-state index contributed by atoms with van der Waals surface area (Å²) in [6, 6.07) is 5.90. The van der Waals surface area contributed by atoms with Gasteiger partial charge in [-0.1, -0.05) is 6.07 Å². The van der Waals surface area contributed by atoms with E-state index in [1.54, 1.807) is 0 Å². The number of carbonyl (C=O) groups is 1. The minimum atomic E-state index is -4.82. The third-order valence-electron chi connectivity index (χ3n) is 5.13. The highest BCUT2D eigenvalue weighted by Gasteiger charge is 2.35. The third kappa shape index (κ3) is 7.13. The Kier molecular flexibility index (Phi) is 8.72. The smallest absolute Gasteiger partial charge is 0.397 e. The summed E-state index contributed by atoms with van der Waals surface area (Å²) in [6.07, 6.45) is 0. The molecule has 0 radical (unpaired) electrons. The van der Waals surface area contributed by atoms with Gasteiger partial charge in [0.15, 0.2) is 15.9 Å². The van der Waals surface area contributed by atoms with Crippen LogP contribution in [-0.4, -0.2) is 78.6 Å². The van der Waals surface area contributed by atoms with E-state index in [0.29, 0.717) is 0 Å². The van der Waals surface area contributed by atoms with E-state index in [1.165, 1.54) is 39.3 Å². The molecule has 2 aromatic carbocycles. The van der Waals surface area contributed by atoms with Crippen molar-refractivity contribution in [3.05, 3.63) is 36.4 Å². The molecule has 0 saturated heterocycles. The van der Waals surface area contributed by atoms with E-state index >= 15 is 0 Å². The Morgan fingerprint density at radius 2 is 1.67 bits per heavy atom. The monoisotopic (exact) mass is 606 g/mol. The lowest BCUT2D eigenvalue weighted by molar-refractivity contribution is -0.117. The molecule has 0 spiro atoms. The number of amides is 1. The van der Waals surface area contributed by atoms with Crippen LogP contribution in [0.1, 0.15) is 6.92 Å². The number of azo groups is 1. The summed E-state index contributed by atoms with van der Waals surface area (Å²) in [5.41, 5.74) is 0.0655. The van der Waals surface area contributed by atoms with Crippen LogP contribution in [0.2, 0.25) is 0 Å². The van der Waals surface area contributed by atoms with E-state index in [2.05, 4.69) is 19.5 Å². The standard InChI is InChI=1S/C20H22N4O12S3/c1-12-19(22-21-15-10-18(38(28,29)30)17(35-3)11-16(15)34-2)20(25)24(23-12)13-5-4-6-14(9-13)37(26,27)8-7-36-39(31,32)33/h4-6,9-11,19H,7-8H2,1-3H3,(H,28,29,30)(H,31,32,33). The van der Waals surface area contributed by atoms with E-state index in [-0.39, 0.29) is 33.5 Å². The number of hydrogen-bond acceptors (Lipinski definition) is 13. The molecule has 19 heteroatoms. The normalized spacial score (nSPS) is 16.5. The molecule has 212 valence electrons. The fourth-order valence-corrected chi connectivity index (χ4v) is 5.48. The number of rotatable bonds is 11. The first-order valence-corrected chi connectivity index (χ1v) is 15.0. The van der Waals surface area contributed by atoms with Crippen molar-refractivity contribution in [1.82, 2.24) is 0 Å². The molecule has 0 saturated carbocycles. The number of nitrogens with zero attached hydrogens (tertiary/aromatic N) is 4. The highest BCUT2D eigenvalue weighted by molar-refractivity contribution is 7.91. The van der Waals surface area contributed by atoms with Crippen molar-refractivity contribution in [2.45, 2.75) is 22.8 Å². The molecule has 0 aromatic heterocycles. The molecule has 16 nitrogen and oxygen atoms in total. The van der Waals surface area contributed by atoms with Crippen LogP contribution < -0.4 is 14.5 Å². The van der Waals surface area contributed by atoms with Gasteiger partial charge in [-0.25, -0.2) is 12.6 Å². The second kappa shape index (κ2) is 11.3. The van der Waals surface area contributed by atoms with Gasteiger partial charge in [0.05, 0.1) is 42.9 Å². The number of carbonyl (C=O) groups excluding carboxylic acids is 1. The summed E-state index contributed by atoms with van der Waals surface area (Å²) in [7, 11) is -11.2. The average Bonchev–Trinajstić information content (AvgIpc) is 3.13. The first-order chi connectivity index (χ1) is 18.1. The van der Waals surface area contributed by atoms with Crippen LogP contribution in [0, 0.1) is 0 Å². The van der Waals surface area contributed by atoms with E-state index in [1.807, 2.05) is 0 Å². The van der Waals surface area contributed by atoms with Crippen LogP contribution in [0.5, 0.6) is 11.5 Å². The number of hydrogen-bond donors (Lipinski definition) is 2. The molecule has 0 fully saturated rings. The highest BCUT2D eigenvalue weighted by atomic mass is 32.3. The van der Waals surface area contributed by atoms with Crippen molar-refractivity contribution in [2.24, 2.45) is 15.3 Å². The molecule has 1 aliphatic rings. The number of sulfone groups is 1. The molecular weight excluding hydrogens is 584 g/mol. The van der Waals surface area contributed by atoms with Crippen LogP contribution in [0.15, 0.2) is 61.5 Å². The maximum absolute atomic E-state index is 13.1. The van der Waals surface area contributed by atoms with Gasteiger partial charge < -0.3 is 9.47 Å². The van der Waals surface area contributed by atoms with Crippen molar-refractivity contribution in [3.8, 4) is 11.5 Å². The van der Waals surface area contributed by atoms with Crippen LogP contribution >= 0.6 is 0 Å². The van der Waals surface area contributed by atoms with Crippen molar-refractivity contribution in [1.29, 1.82) is 0 Å². The molecule has 1 amide bonds. The number of methoxy groups -OCH3 is 2. The van der Waals surface area contributed by atoms with E-state index in [9.17, 15) is 34.6 Å². The second-order valence-electron chi connectivity index (χ2n) is 7.73. The van der Waals surface area contributed by atoms with Crippen molar-refractivity contribution in [3.63, 3.8) is 0 Å². The van der Waals surface area contributed by atoms with Gasteiger partial charge in [0.25, 0.3) is 16.0 Å². The van der Waals surface area contributed by atoms with Crippen LogP contribution in [0.3, 0.4) is 0 Å². The second-order valence-corrected chi connectivity index (χ2v) is 12.3. The first-order valence-electron chi connectivity index (χ1n) is 10.6. The summed E-state index contributed by atoms with van der Waals surface area (Å²) in [4.78, 5) is 12.2. The van der Waals surface area contributed by atoms with Gasteiger partial charge in [0.2, 0.25) is 0 Å². The topological polar surface area (TPSA) is 228 Å². The summed E-state index contributed by atoms with van der Waals surface area (Å²) >= 11 is 0. The Morgan fingerprint density at radius 3 is 2.26 bits per heavy atom.